The number of fused-ring (bicyclic) bond motifs is 2. The van der Waals surface area contributed by atoms with E-state index in [1.54, 1.807) is 11.6 Å². The lowest BCUT2D eigenvalue weighted by molar-refractivity contribution is -0.197. The van der Waals surface area contributed by atoms with E-state index >= 15 is 0 Å². The number of nitrogens with one attached hydrogen (secondary N) is 1. The zero-order chi connectivity index (χ0) is 16.4. The first-order valence-corrected chi connectivity index (χ1v) is 7.85. The number of aryl methyl sites for hydroxylation is 1. The van der Waals surface area contributed by atoms with Gasteiger partial charge in [0.1, 0.15) is 23.4 Å². The van der Waals surface area contributed by atoms with E-state index in [1.807, 2.05) is 20.8 Å². The highest BCUT2D eigenvalue weighted by Crippen LogP contribution is 2.44. The first kappa shape index (κ1) is 14.8. The SMILES string of the molecule is CC[C@H]1O[C@@H](n2ncc3c(=O)[nH]c(C)nc32)[C@H]2OC(C)(C)OC12. The predicted molar refractivity (Wildman–Crippen MR) is 80.9 cm³/mol. The largest absolute Gasteiger partial charge is 0.347 e. The van der Waals surface area contributed by atoms with Crippen LogP contribution in [-0.2, 0) is 14.2 Å². The molecule has 4 atom stereocenters. The van der Waals surface area contributed by atoms with E-state index < -0.39 is 12.0 Å². The normalized spacial score (nSPS) is 32.5. The highest BCUT2D eigenvalue weighted by molar-refractivity contribution is 5.73. The standard InChI is InChI=1S/C15H20N4O4/c1-5-9-10-11(23-15(3,4)22-10)14(21-9)19-12-8(6-16-19)13(20)18-7(2)17-12/h6,9-11,14H,5H2,1-4H3,(H,17,18,20)/t9-,10?,11+,14-/m1/s1. The molecule has 8 nitrogen and oxygen atoms in total. The molecule has 0 bridgehead atoms. The van der Waals surface area contributed by atoms with Crippen molar-refractivity contribution in [2.75, 3.05) is 0 Å². The summed E-state index contributed by atoms with van der Waals surface area (Å²) in [5.74, 6) is -0.121. The lowest BCUT2D eigenvalue weighted by Gasteiger charge is -2.24. The molecule has 8 heteroatoms. The molecule has 1 N–H and O–H groups in total. The molecule has 2 fully saturated rings. The molecule has 4 heterocycles. The Morgan fingerprint density at radius 3 is 2.83 bits per heavy atom. The summed E-state index contributed by atoms with van der Waals surface area (Å²) in [5.41, 5.74) is 0.296. The molecule has 23 heavy (non-hydrogen) atoms. The zero-order valence-electron chi connectivity index (χ0n) is 13.6. The van der Waals surface area contributed by atoms with Gasteiger partial charge in [0, 0.05) is 0 Å². The van der Waals surface area contributed by atoms with Gasteiger partial charge in [0.05, 0.1) is 12.3 Å². The van der Waals surface area contributed by atoms with Gasteiger partial charge in [-0.3, -0.25) is 4.79 Å². The monoisotopic (exact) mass is 320 g/mol. The molecule has 4 rings (SSSR count). The van der Waals surface area contributed by atoms with Crippen molar-refractivity contribution in [3.63, 3.8) is 0 Å². The van der Waals surface area contributed by atoms with Gasteiger partial charge in [0.25, 0.3) is 5.56 Å². The summed E-state index contributed by atoms with van der Waals surface area (Å²) in [4.78, 5) is 19.1. The van der Waals surface area contributed by atoms with Gasteiger partial charge in [-0.1, -0.05) is 6.92 Å². The van der Waals surface area contributed by atoms with E-state index in [0.29, 0.717) is 16.9 Å². The van der Waals surface area contributed by atoms with Crippen molar-refractivity contribution < 1.29 is 14.2 Å². The van der Waals surface area contributed by atoms with E-state index in [9.17, 15) is 4.79 Å². The van der Waals surface area contributed by atoms with Gasteiger partial charge in [0.15, 0.2) is 17.7 Å². The second-order valence-corrected chi connectivity index (χ2v) is 6.52. The molecule has 2 aliphatic rings. The van der Waals surface area contributed by atoms with Gasteiger partial charge in [-0.2, -0.15) is 5.10 Å². The molecule has 0 aromatic carbocycles. The van der Waals surface area contributed by atoms with Crippen LogP contribution in [0.5, 0.6) is 0 Å². The van der Waals surface area contributed by atoms with Crippen molar-refractivity contribution in [2.24, 2.45) is 0 Å². The summed E-state index contributed by atoms with van der Waals surface area (Å²) in [6, 6.07) is 0. The van der Waals surface area contributed by atoms with Crippen molar-refractivity contribution in [1.29, 1.82) is 0 Å². The van der Waals surface area contributed by atoms with Crippen LogP contribution in [0.2, 0.25) is 0 Å². The Bertz CT molecular complexity index is 811. The quantitative estimate of drug-likeness (QED) is 0.895. The molecule has 2 aromatic rings. The van der Waals surface area contributed by atoms with Gasteiger partial charge in [-0.15, -0.1) is 0 Å². The van der Waals surface area contributed by atoms with Gasteiger partial charge in [0.2, 0.25) is 0 Å². The lowest BCUT2D eigenvalue weighted by Crippen LogP contribution is -2.29. The maximum Gasteiger partial charge on any atom is 0.262 e. The molecular weight excluding hydrogens is 300 g/mol. The molecule has 124 valence electrons. The molecule has 0 radical (unpaired) electrons. The van der Waals surface area contributed by atoms with Crippen LogP contribution in [0.25, 0.3) is 11.0 Å². The Morgan fingerprint density at radius 1 is 1.35 bits per heavy atom. The van der Waals surface area contributed by atoms with Gasteiger partial charge >= 0.3 is 0 Å². The molecule has 2 aromatic heterocycles. The van der Waals surface area contributed by atoms with Crippen LogP contribution in [0.15, 0.2) is 11.0 Å². The van der Waals surface area contributed by atoms with Crippen molar-refractivity contribution in [2.45, 2.75) is 64.4 Å². The van der Waals surface area contributed by atoms with Crippen molar-refractivity contribution in [1.82, 2.24) is 19.7 Å². The molecule has 2 aliphatic heterocycles. The van der Waals surface area contributed by atoms with Crippen LogP contribution in [-0.4, -0.2) is 43.8 Å². The second kappa shape index (κ2) is 4.86. The summed E-state index contributed by atoms with van der Waals surface area (Å²) in [7, 11) is 0. The zero-order valence-corrected chi connectivity index (χ0v) is 13.6. The third-order valence-corrected chi connectivity index (χ3v) is 4.35. The number of nitrogens with zero attached hydrogens (tertiary/aromatic N) is 3. The Kier molecular flexibility index (Phi) is 3.13. The molecule has 0 saturated carbocycles. The lowest BCUT2D eigenvalue weighted by atomic mass is 10.1. The average Bonchev–Trinajstić information content (AvgIpc) is 3.09. The minimum absolute atomic E-state index is 0.0749. The Morgan fingerprint density at radius 2 is 2.09 bits per heavy atom. The summed E-state index contributed by atoms with van der Waals surface area (Å²) in [5, 5.41) is 4.77. The average molecular weight is 320 g/mol. The van der Waals surface area contributed by atoms with E-state index in [-0.39, 0.29) is 23.9 Å². The van der Waals surface area contributed by atoms with Crippen LogP contribution in [0.1, 0.15) is 39.2 Å². The molecular formula is C15H20N4O4. The third kappa shape index (κ3) is 2.20. The molecule has 0 spiro atoms. The van der Waals surface area contributed by atoms with Crippen LogP contribution >= 0.6 is 0 Å². The Labute approximate surface area is 132 Å². The fraction of sp³-hybridized carbons (Fsp3) is 0.667. The topological polar surface area (TPSA) is 91.3 Å². The number of hydrogen-bond acceptors (Lipinski definition) is 6. The predicted octanol–water partition coefficient (Wildman–Crippen LogP) is 1.26. The van der Waals surface area contributed by atoms with E-state index in [0.717, 1.165) is 6.42 Å². The van der Waals surface area contributed by atoms with Gasteiger partial charge < -0.3 is 19.2 Å². The fourth-order valence-electron chi connectivity index (χ4n) is 3.42. The highest BCUT2D eigenvalue weighted by Gasteiger charge is 2.55. The first-order chi connectivity index (χ1) is 10.9. The van der Waals surface area contributed by atoms with Crippen LogP contribution in [0, 0.1) is 6.92 Å². The molecule has 0 aliphatic carbocycles. The Hall–Kier alpha value is -1.77. The fourth-order valence-corrected chi connectivity index (χ4v) is 3.42. The Balaban J connectivity index is 1.80. The van der Waals surface area contributed by atoms with Gasteiger partial charge in [-0.25, -0.2) is 9.67 Å². The molecule has 0 amide bonds. The summed E-state index contributed by atoms with van der Waals surface area (Å²) >= 11 is 0. The van der Waals surface area contributed by atoms with E-state index in [2.05, 4.69) is 15.1 Å². The van der Waals surface area contributed by atoms with Crippen molar-refractivity contribution in [3.05, 3.63) is 22.4 Å². The smallest absolute Gasteiger partial charge is 0.262 e. The van der Waals surface area contributed by atoms with E-state index in [1.165, 1.54) is 6.20 Å². The number of ether oxygens (including phenoxy) is 3. The number of hydrogen-bond donors (Lipinski definition) is 1. The van der Waals surface area contributed by atoms with Crippen LogP contribution < -0.4 is 5.56 Å². The summed E-state index contributed by atoms with van der Waals surface area (Å²) in [6.45, 7) is 7.57. The van der Waals surface area contributed by atoms with Crippen molar-refractivity contribution >= 4 is 11.0 Å². The number of aromatic amines is 1. The minimum atomic E-state index is -0.658. The van der Waals surface area contributed by atoms with Crippen LogP contribution in [0.3, 0.4) is 0 Å². The maximum atomic E-state index is 12.0. The molecule has 2 saturated heterocycles. The minimum Gasteiger partial charge on any atom is -0.347 e. The second-order valence-electron chi connectivity index (χ2n) is 6.52. The van der Waals surface area contributed by atoms with Crippen molar-refractivity contribution in [3.8, 4) is 0 Å². The number of aromatic nitrogens is 4. The number of rotatable bonds is 2. The first-order valence-electron chi connectivity index (χ1n) is 7.85. The van der Waals surface area contributed by atoms with E-state index in [4.69, 9.17) is 14.2 Å². The summed E-state index contributed by atoms with van der Waals surface area (Å²) in [6.07, 6.45) is 1.36. The highest BCUT2D eigenvalue weighted by atomic mass is 16.8. The summed E-state index contributed by atoms with van der Waals surface area (Å²) < 4.78 is 19.8. The van der Waals surface area contributed by atoms with Gasteiger partial charge in [-0.05, 0) is 27.2 Å². The number of H-pyrrole nitrogens is 1. The third-order valence-electron chi connectivity index (χ3n) is 4.35. The molecule has 1 unspecified atom stereocenters. The van der Waals surface area contributed by atoms with Crippen LogP contribution in [0.4, 0.5) is 0 Å². The maximum absolute atomic E-state index is 12.0.